The monoisotopic (exact) mass is 302 g/mol. The largest absolute Gasteiger partial charge is 0.396 e. The van der Waals surface area contributed by atoms with Gasteiger partial charge in [-0.1, -0.05) is 29.3 Å². The SMILES string of the molecule is O=C(NCc1ccc(Cl)cc1Cl)NCC1(CO)CC1. The van der Waals surface area contributed by atoms with Crippen LogP contribution in [0.25, 0.3) is 0 Å². The fourth-order valence-corrected chi connectivity index (χ4v) is 2.21. The number of carbonyl (C=O) groups is 1. The van der Waals surface area contributed by atoms with Crippen LogP contribution in [0.1, 0.15) is 18.4 Å². The third kappa shape index (κ3) is 4.00. The third-order valence-corrected chi connectivity index (χ3v) is 3.96. The summed E-state index contributed by atoms with van der Waals surface area (Å²) in [6, 6.07) is 4.89. The first-order valence-corrected chi connectivity index (χ1v) is 6.87. The summed E-state index contributed by atoms with van der Waals surface area (Å²) >= 11 is 11.8. The summed E-state index contributed by atoms with van der Waals surface area (Å²) in [4.78, 5) is 11.6. The average molecular weight is 303 g/mol. The van der Waals surface area contributed by atoms with Crippen LogP contribution < -0.4 is 10.6 Å². The van der Waals surface area contributed by atoms with Crippen molar-refractivity contribution in [3.8, 4) is 0 Å². The molecule has 0 unspecified atom stereocenters. The number of hydrogen-bond acceptors (Lipinski definition) is 2. The number of urea groups is 1. The predicted octanol–water partition coefficient (Wildman–Crippen LogP) is 2.57. The number of aliphatic hydroxyl groups excluding tert-OH is 1. The van der Waals surface area contributed by atoms with Crippen LogP contribution in [0.5, 0.6) is 0 Å². The van der Waals surface area contributed by atoms with Gasteiger partial charge in [-0.05, 0) is 30.5 Å². The summed E-state index contributed by atoms with van der Waals surface area (Å²) in [5, 5.41) is 15.7. The van der Waals surface area contributed by atoms with E-state index in [2.05, 4.69) is 10.6 Å². The van der Waals surface area contributed by atoms with Crippen LogP contribution in [0.15, 0.2) is 18.2 Å². The lowest BCUT2D eigenvalue weighted by atomic mass is 10.1. The molecule has 2 rings (SSSR count). The molecular weight excluding hydrogens is 287 g/mol. The lowest BCUT2D eigenvalue weighted by Crippen LogP contribution is -2.39. The van der Waals surface area contributed by atoms with Crippen LogP contribution in [0.2, 0.25) is 10.0 Å². The molecule has 0 saturated heterocycles. The third-order valence-electron chi connectivity index (χ3n) is 3.37. The Morgan fingerprint density at radius 3 is 2.63 bits per heavy atom. The van der Waals surface area contributed by atoms with Gasteiger partial charge in [0.15, 0.2) is 0 Å². The molecule has 1 saturated carbocycles. The van der Waals surface area contributed by atoms with E-state index in [1.54, 1.807) is 18.2 Å². The first kappa shape index (κ1) is 14.4. The van der Waals surface area contributed by atoms with Crippen LogP contribution in [-0.2, 0) is 6.54 Å². The Balaban J connectivity index is 1.77. The molecule has 0 heterocycles. The summed E-state index contributed by atoms with van der Waals surface area (Å²) in [5.41, 5.74) is 0.722. The van der Waals surface area contributed by atoms with Crippen molar-refractivity contribution in [2.45, 2.75) is 19.4 Å². The van der Waals surface area contributed by atoms with Gasteiger partial charge in [0.25, 0.3) is 0 Å². The minimum absolute atomic E-state index is 0.0880. The number of nitrogens with one attached hydrogen (secondary N) is 2. The van der Waals surface area contributed by atoms with Gasteiger partial charge < -0.3 is 15.7 Å². The highest BCUT2D eigenvalue weighted by Gasteiger charge is 2.42. The van der Waals surface area contributed by atoms with Gasteiger partial charge in [-0.2, -0.15) is 0 Å². The Bertz CT molecular complexity index is 476. The number of amides is 2. The van der Waals surface area contributed by atoms with Crippen molar-refractivity contribution in [1.29, 1.82) is 0 Å². The van der Waals surface area contributed by atoms with Crippen molar-refractivity contribution >= 4 is 29.2 Å². The molecule has 1 fully saturated rings. The smallest absolute Gasteiger partial charge is 0.315 e. The van der Waals surface area contributed by atoms with Crippen LogP contribution in [0.3, 0.4) is 0 Å². The van der Waals surface area contributed by atoms with E-state index < -0.39 is 0 Å². The number of rotatable bonds is 5. The Hall–Kier alpha value is -0.970. The van der Waals surface area contributed by atoms with Crippen molar-refractivity contribution in [3.05, 3.63) is 33.8 Å². The normalized spacial score (nSPS) is 15.9. The zero-order valence-electron chi connectivity index (χ0n) is 10.4. The Morgan fingerprint density at radius 2 is 2.05 bits per heavy atom. The second-order valence-electron chi connectivity index (χ2n) is 4.93. The van der Waals surface area contributed by atoms with E-state index in [-0.39, 0.29) is 18.1 Å². The Labute approximate surface area is 122 Å². The standard InChI is InChI=1S/C13H16Cl2N2O2/c14-10-2-1-9(11(15)5-10)6-16-12(19)17-7-13(8-18)3-4-13/h1-2,5,18H,3-4,6-8H2,(H2,16,17,19). The summed E-state index contributed by atoms with van der Waals surface area (Å²) in [7, 11) is 0. The molecule has 2 amide bonds. The van der Waals surface area contributed by atoms with Gasteiger partial charge in [0.2, 0.25) is 0 Å². The topological polar surface area (TPSA) is 61.4 Å². The molecule has 1 aliphatic carbocycles. The van der Waals surface area contributed by atoms with Crippen LogP contribution >= 0.6 is 23.2 Å². The molecule has 0 aromatic heterocycles. The van der Waals surface area contributed by atoms with Gasteiger partial charge >= 0.3 is 6.03 Å². The second-order valence-corrected chi connectivity index (χ2v) is 5.77. The van der Waals surface area contributed by atoms with Crippen molar-refractivity contribution in [2.75, 3.05) is 13.2 Å². The molecule has 3 N–H and O–H groups in total. The molecule has 0 atom stereocenters. The summed E-state index contributed by atoms with van der Waals surface area (Å²) in [6.45, 7) is 0.966. The number of benzene rings is 1. The second kappa shape index (κ2) is 5.99. The molecule has 0 spiro atoms. The fourth-order valence-electron chi connectivity index (χ4n) is 1.74. The minimum Gasteiger partial charge on any atom is -0.396 e. The molecule has 0 bridgehead atoms. The molecule has 104 valence electrons. The summed E-state index contributed by atoms with van der Waals surface area (Å²) in [6.07, 6.45) is 1.93. The van der Waals surface area contributed by atoms with Crippen molar-refractivity contribution in [2.24, 2.45) is 5.41 Å². The van der Waals surface area contributed by atoms with Gasteiger partial charge in [-0.25, -0.2) is 4.79 Å². The van der Waals surface area contributed by atoms with Gasteiger partial charge in [0, 0.05) is 28.5 Å². The number of hydrogen-bond donors (Lipinski definition) is 3. The van der Waals surface area contributed by atoms with E-state index in [4.69, 9.17) is 28.3 Å². The highest BCUT2D eigenvalue weighted by atomic mass is 35.5. The van der Waals surface area contributed by atoms with E-state index >= 15 is 0 Å². The zero-order chi connectivity index (χ0) is 13.9. The van der Waals surface area contributed by atoms with Gasteiger partial charge in [0.1, 0.15) is 0 Å². The van der Waals surface area contributed by atoms with Crippen LogP contribution in [0.4, 0.5) is 4.79 Å². The van der Waals surface area contributed by atoms with E-state index in [1.807, 2.05) is 0 Å². The van der Waals surface area contributed by atoms with Crippen molar-refractivity contribution in [3.63, 3.8) is 0 Å². The Kier molecular flexibility index (Phi) is 4.55. The van der Waals surface area contributed by atoms with Gasteiger partial charge in [0.05, 0.1) is 6.61 Å². The quantitative estimate of drug-likeness (QED) is 0.783. The van der Waals surface area contributed by atoms with Crippen LogP contribution in [-0.4, -0.2) is 24.3 Å². The fraction of sp³-hybridized carbons (Fsp3) is 0.462. The molecule has 0 aliphatic heterocycles. The lowest BCUT2D eigenvalue weighted by molar-refractivity contribution is 0.203. The first-order chi connectivity index (χ1) is 9.04. The molecular formula is C13H16Cl2N2O2. The minimum atomic E-state index is -0.259. The lowest BCUT2D eigenvalue weighted by Gasteiger charge is -2.13. The molecule has 6 heteroatoms. The first-order valence-electron chi connectivity index (χ1n) is 6.11. The maximum atomic E-state index is 11.6. The average Bonchev–Trinajstić information content (AvgIpc) is 3.16. The molecule has 19 heavy (non-hydrogen) atoms. The van der Waals surface area contributed by atoms with Crippen molar-refractivity contribution < 1.29 is 9.90 Å². The van der Waals surface area contributed by atoms with E-state index in [0.717, 1.165) is 18.4 Å². The highest BCUT2D eigenvalue weighted by molar-refractivity contribution is 6.35. The van der Waals surface area contributed by atoms with Crippen molar-refractivity contribution in [1.82, 2.24) is 10.6 Å². The molecule has 0 radical (unpaired) electrons. The zero-order valence-corrected chi connectivity index (χ0v) is 11.9. The van der Waals surface area contributed by atoms with Gasteiger partial charge in [-0.3, -0.25) is 0 Å². The number of aliphatic hydroxyl groups is 1. The number of halogens is 2. The summed E-state index contributed by atoms with van der Waals surface area (Å²) in [5.74, 6) is 0. The predicted molar refractivity (Wildman–Crippen MR) is 75.5 cm³/mol. The summed E-state index contributed by atoms with van der Waals surface area (Å²) < 4.78 is 0. The maximum Gasteiger partial charge on any atom is 0.315 e. The van der Waals surface area contributed by atoms with E-state index in [9.17, 15) is 4.79 Å². The molecule has 1 aromatic carbocycles. The van der Waals surface area contributed by atoms with Crippen LogP contribution in [0, 0.1) is 5.41 Å². The van der Waals surface area contributed by atoms with E-state index in [0.29, 0.717) is 23.1 Å². The van der Waals surface area contributed by atoms with E-state index in [1.165, 1.54) is 0 Å². The molecule has 4 nitrogen and oxygen atoms in total. The van der Waals surface area contributed by atoms with Gasteiger partial charge in [-0.15, -0.1) is 0 Å². The highest BCUT2D eigenvalue weighted by Crippen LogP contribution is 2.44. The Morgan fingerprint density at radius 1 is 1.32 bits per heavy atom. The maximum absolute atomic E-state index is 11.6. The molecule has 1 aromatic rings. The molecule has 1 aliphatic rings. The number of carbonyl (C=O) groups excluding carboxylic acids is 1.